The Morgan fingerprint density at radius 3 is 2.74 bits per heavy atom. The molecule has 9 nitrogen and oxygen atoms in total. The van der Waals surface area contributed by atoms with Gasteiger partial charge in [0, 0.05) is 16.8 Å². The molecule has 0 unspecified atom stereocenters. The molecule has 6 aromatic rings. The second kappa shape index (κ2) is 7.93. The van der Waals surface area contributed by atoms with E-state index in [-0.39, 0.29) is 11.2 Å². The van der Waals surface area contributed by atoms with Crippen LogP contribution in [0, 0.1) is 17.1 Å². The van der Waals surface area contributed by atoms with Gasteiger partial charge < -0.3 is 9.97 Å². The van der Waals surface area contributed by atoms with Crippen molar-refractivity contribution in [3.8, 4) is 23.0 Å². The Hall–Kier alpha value is -4.75. The average Bonchev–Trinajstić information content (AvgIpc) is 3.57. The van der Waals surface area contributed by atoms with Gasteiger partial charge in [-0.3, -0.25) is 4.68 Å². The highest BCUT2D eigenvalue weighted by Gasteiger charge is 2.17. The van der Waals surface area contributed by atoms with Crippen LogP contribution in [0.1, 0.15) is 11.1 Å². The molecular formula is C24H14ClFN8O. The SMILES string of the molecule is N#Cc1ccc(Cn2nccc2-c2cc(F)c3nnn(-c4ccc5[nH]c(=O)[nH]c5c4)c3c2)c(Cl)c1. The van der Waals surface area contributed by atoms with Gasteiger partial charge in [-0.1, -0.05) is 22.9 Å². The predicted molar refractivity (Wildman–Crippen MR) is 128 cm³/mol. The fourth-order valence-electron chi connectivity index (χ4n) is 4.08. The van der Waals surface area contributed by atoms with Crippen molar-refractivity contribution in [2.45, 2.75) is 6.54 Å². The van der Waals surface area contributed by atoms with Crippen molar-refractivity contribution in [3.05, 3.63) is 93.2 Å². The van der Waals surface area contributed by atoms with E-state index in [0.717, 1.165) is 5.56 Å². The molecule has 2 N–H and O–H groups in total. The minimum absolute atomic E-state index is 0.123. The van der Waals surface area contributed by atoms with Crippen molar-refractivity contribution in [1.82, 2.24) is 34.7 Å². The number of halogens is 2. The van der Waals surface area contributed by atoms with Crippen LogP contribution in [0.4, 0.5) is 4.39 Å². The number of hydrogen-bond donors (Lipinski definition) is 2. The minimum Gasteiger partial charge on any atom is -0.306 e. The summed E-state index contributed by atoms with van der Waals surface area (Å²) in [5.74, 6) is -0.524. The number of nitrogens with zero attached hydrogens (tertiary/aromatic N) is 6. The molecule has 0 saturated carbocycles. The third kappa shape index (κ3) is 3.55. The van der Waals surface area contributed by atoms with Crippen LogP contribution in [0.3, 0.4) is 0 Å². The molecule has 11 heteroatoms. The smallest absolute Gasteiger partial charge is 0.306 e. The second-order valence-corrected chi connectivity index (χ2v) is 8.34. The molecule has 35 heavy (non-hydrogen) atoms. The van der Waals surface area contributed by atoms with Gasteiger partial charge in [-0.15, -0.1) is 5.10 Å². The van der Waals surface area contributed by atoms with E-state index in [4.69, 9.17) is 16.9 Å². The Bertz CT molecular complexity index is 1860. The third-order valence-electron chi connectivity index (χ3n) is 5.76. The quantitative estimate of drug-likeness (QED) is 0.389. The summed E-state index contributed by atoms with van der Waals surface area (Å²) in [7, 11) is 0. The number of benzene rings is 3. The lowest BCUT2D eigenvalue weighted by Crippen LogP contribution is -2.05. The van der Waals surface area contributed by atoms with Crippen LogP contribution in [0.25, 0.3) is 39.0 Å². The average molecular weight is 485 g/mol. The summed E-state index contributed by atoms with van der Waals surface area (Å²) in [6.45, 7) is 0.335. The van der Waals surface area contributed by atoms with Crippen LogP contribution >= 0.6 is 11.6 Å². The molecule has 0 spiro atoms. The van der Waals surface area contributed by atoms with Gasteiger partial charge in [-0.25, -0.2) is 13.9 Å². The monoisotopic (exact) mass is 484 g/mol. The number of aromatic amines is 2. The van der Waals surface area contributed by atoms with Crippen LogP contribution in [-0.2, 0) is 6.54 Å². The van der Waals surface area contributed by atoms with Crippen molar-refractivity contribution in [3.63, 3.8) is 0 Å². The minimum atomic E-state index is -0.524. The molecule has 170 valence electrons. The Morgan fingerprint density at radius 2 is 1.91 bits per heavy atom. The van der Waals surface area contributed by atoms with Gasteiger partial charge in [0.05, 0.1) is 46.1 Å². The van der Waals surface area contributed by atoms with Gasteiger partial charge in [0.2, 0.25) is 0 Å². The fourth-order valence-corrected chi connectivity index (χ4v) is 4.32. The molecule has 0 atom stereocenters. The highest BCUT2D eigenvalue weighted by atomic mass is 35.5. The van der Waals surface area contributed by atoms with Gasteiger partial charge in [-0.2, -0.15) is 10.4 Å². The van der Waals surface area contributed by atoms with E-state index < -0.39 is 5.82 Å². The van der Waals surface area contributed by atoms with E-state index in [0.29, 0.717) is 50.6 Å². The Kier molecular flexibility index (Phi) is 4.72. The summed E-state index contributed by atoms with van der Waals surface area (Å²) >= 11 is 6.35. The van der Waals surface area contributed by atoms with Crippen LogP contribution in [0.15, 0.2) is 65.6 Å². The first-order chi connectivity index (χ1) is 17.0. The third-order valence-corrected chi connectivity index (χ3v) is 6.12. The number of nitrogens with one attached hydrogen (secondary N) is 2. The molecule has 0 fully saturated rings. The van der Waals surface area contributed by atoms with Crippen LogP contribution in [0.2, 0.25) is 5.02 Å². The van der Waals surface area contributed by atoms with E-state index in [2.05, 4.69) is 31.4 Å². The van der Waals surface area contributed by atoms with E-state index in [1.165, 1.54) is 10.7 Å². The standard InChI is InChI=1S/C24H14ClFN8O/c25-17-7-13(11-27)1-2-14(17)12-33-21(5-6-28-33)15-8-18(26)23-22(9-15)34(32-31-23)16-3-4-19-20(10-16)30-24(35)29-19/h1-10H,12H2,(H2,29,30,35). The molecule has 0 aliphatic heterocycles. The number of imidazole rings is 1. The maximum atomic E-state index is 15.1. The van der Waals surface area contributed by atoms with Gasteiger partial charge in [0.15, 0.2) is 5.82 Å². The van der Waals surface area contributed by atoms with Gasteiger partial charge in [0.25, 0.3) is 0 Å². The summed E-state index contributed by atoms with van der Waals surface area (Å²) in [6, 6.07) is 17.3. The highest BCUT2D eigenvalue weighted by Crippen LogP contribution is 2.29. The van der Waals surface area contributed by atoms with Crippen LogP contribution in [-0.4, -0.2) is 34.7 Å². The highest BCUT2D eigenvalue weighted by molar-refractivity contribution is 6.31. The number of fused-ring (bicyclic) bond motifs is 2. The molecule has 0 bridgehead atoms. The Balaban J connectivity index is 1.44. The summed E-state index contributed by atoms with van der Waals surface area (Å²) in [5, 5.41) is 22.0. The Morgan fingerprint density at radius 1 is 1.06 bits per heavy atom. The van der Waals surface area contributed by atoms with E-state index in [1.807, 2.05) is 0 Å². The molecule has 3 aromatic heterocycles. The maximum absolute atomic E-state index is 15.1. The first kappa shape index (κ1) is 20.8. The van der Waals surface area contributed by atoms with Crippen molar-refractivity contribution in [1.29, 1.82) is 5.26 Å². The molecule has 0 amide bonds. The Labute approximate surface area is 201 Å². The molecular weight excluding hydrogens is 471 g/mol. The predicted octanol–water partition coefficient (Wildman–Crippen LogP) is 4.17. The molecule has 3 aromatic carbocycles. The van der Waals surface area contributed by atoms with Gasteiger partial charge >= 0.3 is 5.69 Å². The molecule has 3 heterocycles. The van der Waals surface area contributed by atoms with E-state index >= 15 is 4.39 Å². The largest absolute Gasteiger partial charge is 0.323 e. The van der Waals surface area contributed by atoms with Crippen LogP contribution in [0.5, 0.6) is 0 Å². The van der Waals surface area contributed by atoms with Crippen molar-refractivity contribution in [2.24, 2.45) is 0 Å². The van der Waals surface area contributed by atoms with Gasteiger partial charge in [-0.05, 0) is 54.1 Å². The first-order valence-corrected chi connectivity index (χ1v) is 10.9. The molecule has 0 radical (unpaired) electrons. The molecule has 0 aliphatic carbocycles. The topological polar surface area (TPSA) is 121 Å². The summed E-state index contributed by atoms with van der Waals surface area (Å²) in [4.78, 5) is 17.0. The van der Waals surface area contributed by atoms with Crippen molar-refractivity contribution < 1.29 is 4.39 Å². The summed E-state index contributed by atoms with van der Waals surface area (Å²) in [6.07, 6.45) is 1.63. The van der Waals surface area contributed by atoms with Crippen molar-refractivity contribution in [2.75, 3.05) is 0 Å². The molecule has 0 aliphatic rings. The van der Waals surface area contributed by atoms with Crippen LogP contribution < -0.4 is 5.69 Å². The maximum Gasteiger partial charge on any atom is 0.323 e. The van der Waals surface area contributed by atoms with E-state index in [1.54, 1.807) is 59.4 Å². The lowest BCUT2D eigenvalue weighted by molar-refractivity contribution is 0.635. The summed E-state index contributed by atoms with van der Waals surface area (Å²) < 4.78 is 18.3. The number of rotatable bonds is 4. The zero-order chi connectivity index (χ0) is 24.1. The summed E-state index contributed by atoms with van der Waals surface area (Å²) in [5.41, 5.74) is 4.63. The zero-order valence-corrected chi connectivity index (χ0v) is 18.6. The van der Waals surface area contributed by atoms with Crippen molar-refractivity contribution >= 4 is 33.7 Å². The number of aromatic nitrogens is 7. The molecule has 0 saturated heterocycles. The lowest BCUT2D eigenvalue weighted by atomic mass is 10.1. The number of hydrogen-bond acceptors (Lipinski definition) is 5. The number of nitriles is 1. The number of H-pyrrole nitrogens is 2. The van der Waals surface area contributed by atoms with E-state index in [9.17, 15) is 4.79 Å². The second-order valence-electron chi connectivity index (χ2n) is 7.93. The zero-order valence-electron chi connectivity index (χ0n) is 17.8. The first-order valence-electron chi connectivity index (χ1n) is 10.5. The molecule has 6 rings (SSSR count). The fraction of sp³-hybridized carbons (Fsp3) is 0.0417. The normalized spacial score (nSPS) is 11.3. The van der Waals surface area contributed by atoms with Gasteiger partial charge in [0.1, 0.15) is 5.52 Å². The lowest BCUT2D eigenvalue weighted by Gasteiger charge is -2.10.